The van der Waals surface area contributed by atoms with Gasteiger partial charge in [0.25, 0.3) is 5.91 Å². The molecule has 2 aromatic carbocycles. The summed E-state index contributed by atoms with van der Waals surface area (Å²) in [6, 6.07) is 13.6. The minimum Gasteiger partial charge on any atom is -0.319 e. The van der Waals surface area contributed by atoms with Gasteiger partial charge in [-0.1, -0.05) is 37.3 Å². The van der Waals surface area contributed by atoms with Crippen molar-refractivity contribution in [3.8, 4) is 0 Å². The lowest BCUT2D eigenvalue weighted by Crippen LogP contribution is -2.33. The van der Waals surface area contributed by atoms with Crippen LogP contribution in [0.4, 0.5) is 10.1 Å². The molecule has 2 aromatic rings. The van der Waals surface area contributed by atoms with Crippen molar-refractivity contribution in [2.75, 3.05) is 11.9 Å². The number of hydrogen-bond acceptors (Lipinski definition) is 4. The molecule has 0 bridgehead atoms. The highest BCUT2D eigenvalue weighted by molar-refractivity contribution is 6.41. The summed E-state index contributed by atoms with van der Waals surface area (Å²) in [7, 11) is 0. The third-order valence-corrected chi connectivity index (χ3v) is 3.92. The van der Waals surface area contributed by atoms with Gasteiger partial charge in [0.05, 0.1) is 5.92 Å². The fourth-order valence-corrected chi connectivity index (χ4v) is 2.53. The number of amides is 1. The fourth-order valence-electron chi connectivity index (χ4n) is 2.53. The highest BCUT2D eigenvalue weighted by atomic mass is 19.1. The number of nitrogens with zero attached hydrogens (tertiary/aromatic N) is 1. The molecular weight excluding hydrogens is 327 g/mol. The van der Waals surface area contributed by atoms with Crippen molar-refractivity contribution in [2.45, 2.75) is 12.8 Å². The van der Waals surface area contributed by atoms with E-state index in [4.69, 9.17) is 0 Å². The number of rotatable bonds is 7. The number of Topliss-reactive ketones (excluding diaryl/α,β-unsaturated/α-hetero) is 1. The Morgan fingerprint density at radius 3 is 2.28 bits per heavy atom. The zero-order valence-corrected chi connectivity index (χ0v) is 13.5. The van der Waals surface area contributed by atoms with Crippen molar-refractivity contribution < 1.29 is 18.9 Å². The Bertz CT molecular complexity index is 762. The number of anilines is 1. The Labute approximate surface area is 143 Å². The molecule has 0 aliphatic heterocycles. The van der Waals surface area contributed by atoms with Gasteiger partial charge in [-0.05, 0) is 29.8 Å². The predicted molar refractivity (Wildman–Crippen MR) is 90.2 cm³/mol. The Hall–Kier alpha value is -3.09. The van der Waals surface area contributed by atoms with Crippen LogP contribution in [-0.4, -0.2) is 23.2 Å². The number of carbonyl (C=O) groups is 2. The third-order valence-electron chi connectivity index (χ3n) is 3.92. The van der Waals surface area contributed by atoms with Gasteiger partial charge in [0.15, 0.2) is 0 Å². The number of hydrogen-bond donors (Lipinski definition) is 1. The zero-order valence-electron chi connectivity index (χ0n) is 13.5. The quantitative estimate of drug-likeness (QED) is 0.475. The molecule has 0 fully saturated rings. The highest BCUT2D eigenvalue weighted by Crippen LogP contribution is 2.26. The normalized spacial score (nSPS) is 12.9. The molecule has 0 aromatic heterocycles. The van der Waals surface area contributed by atoms with E-state index in [1.54, 1.807) is 30.3 Å². The SMILES string of the molecule is C[C@@H](C(=O)C(=O)Nc1ccccc1)[C@@H](C[N+](=O)[O-])c1ccc(F)cc1. The maximum atomic E-state index is 13.1. The Balaban J connectivity index is 2.18. The van der Waals surface area contributed by atoms with E-state index in [2.05, 4.69) is 5.32 Å². The van der Waals surface area contributed by atoms with Crippen LogP contribution in [0.5, 0.6) is 0 Å². The van der Waals surface area contributed by atoms with Crippen LogP contribution >= 0.6 is 0 Å². The molecule has 0 saturated heterocycles. The van der Waals surface area contributed by atoms with Crippen LogP contribution in [-0.2, 0) is 9.59 Å². The van der Waals surface area contributed by atoms with E-state index in [9.17, 15) is 24.1 Å². The molecule has 7 heteroatoms. The molecule has 0 saturated carbocycles. The molecule has 0 spiro atoms. The van der Waals surface area contributed by atoms with Crippen LogP contribution in [0.3, 0.4) is 0 Å². The third kappa shape index (κ3) is 4.94. The monoisotopic (exact) mass is 344 g/mol. The second-order valence-corrected chi connectivity index (χ2v) is 5.65. The molecule has 130 valence electrons. The lowest BCUT2D eigenvalue weighted by molar-refractivity contribution is -0.484. The summed E-state index contributed by atoms with van der Waals surface area (Å²) in [5.74, 6) is -3.84. The van der Waals surface area contributed by atoms with Crippen LogP contribution in [0.1, 0.15) is 18.4 Å². The van der Waals surface area contributed by atoms with E-state index in [1.807, 2.05) is 0 Å². The lowest BCUT2D eigenvalue weighted by atomic mass is 9.84. The van der Waals surface area contributed by atoms with Gasteiger partial charge in [0, 0.05) is 16.5 Å². The molecule has 0 aliphatic carbocycles. The first-order valence-corrected chi connectivity index (χ1v) is 7.66. The van der Waals surface area contributed by atoms with Crippen molar-refractivity contribution in [1.29, 1.82) is 0 Å². The highest BCUT2D eigenvalue weighted by Gasteiger charge is 2.33. The van der Waals surface area contributed by atoms with E-state index in [0.29, 0.717) is 11.3 Å². The molecule has 2 atom stereocenters. The standard InChI is InChI=1S/C18H17FN2O4/c1-12(17(22)18(23)20-15-5-3-2-4-6-15)16(11-21(24)25)13-7-9-14(19)10-8-13/h2-10,12,16H,11H2,1H3,(H,20,23)/t12-,16-/m1/s1. The molecule has 0 unspecified atom stereocenters. The second-order valence-electron chi connectivity index (χ2n) is 5.65. The van der Waals surface area contributed by atoms with Crippen LogP contribution < -0.4 is 5.32 Å². The average Bonchev–Trinajstić information content (AvgIpc) is 2.60. The fraction of sp³-hybridized carbons (Fsp3) is 0.222. The molecule has 1 amide bonds. The Kier molecular flexibility index (Phi) is 5.94. The van der Waals surface area contributed by atoms with Gasteiger partial charge >= 0.3 is 0 Å². The summed E-state index contributed by atoms with van der Waals surface area (Å²) < 4.78 is 13.1. The number of carbonyl (C=O) groups excluding carboxylic acids is 2. The van der Waals surface area contributed by atoms with Gasteiger partial charge in [-0.15, -0.1) is 0 Å². The van der Waals surface area contributed by atoms with Crippen molar-refractivity contribution in [3.05, 3.63) is 76.1 Å². The van der Waals surface area contributed by atoms with E-state index in [1.165, 1.54) is 31.2 Å². The van der Waals surface area contributed by atoms with E-state index in [0.717, 1.165) is 0 Å². The average molecular weight is 344 g/mol. The molecule has 25 heavy (non-hydrogen) atoms. The van der Waals surface area contributed by atoms with Crippen molar-refractivity contribution in [2.24, 2.45) is 5.92 Å². The summed E-state index contributed by atoms with van der Waals surface area (Å²) >= 11 is 0. The first-order chi connectivity index (χ1) is 11.9. The first-order valence-electron chi connectivity index (χ1n) is 7.66. The summed E-state index contributed by atoms with van der Waals surface area (Å²) in [5.41, 5.74) is 0.895. The maximum Gasteiger partial charge on any atom is 0.292 e. The summed E-state index contributed by atoms with van der Waals surface area (Å²) in [5, 5.41) is 13.4. The number of ketones is 1. The Morgan fingerprint density at radius 2 is 1.72 bits per heavy atom. The number of nitrogens with one attached hydrogen (secondary N) is 1. The second kappa shape index (κ2) is 8.14. The molecule has 0 heterocycles. The summed E-state index contributed by atoms with van der Waals surface area (Å²) in [4.78, 5) is 34.9. The Morgan fingerprint density at radius 1 is 1.12 bits per heavy atom. The van der Waals surface area contributed by atoms with Crippen LogP contribution in [0.2, 0.25) is 0 Å². The smallest absolute Gasteiger partial charge is 0.292 e. The predicted octanol–water partition coefficient (Wildman–Crippen LogP) is 3.03. The minimum absolute atomic E-state index is 0.437. The van der Waals surface area contributed by atoms with Gasteiger partial charge < -0.3 is 5.32 Å². The maximum absolute atomic E-state index is 13.1. The van der Waals surface area contributed by atoms with Gasteiger partial charge in [0.1, 0.15) is 5.82 Å². The first kappa shape index (κ1) is 18.3. The molecule has 6 nitrogen and oxygen atoms in total. The van der Waals surface area contributed by atoms with Crippen LogP contribution in [0, 0.1) is 21.8 Å². The van der Waals surface area contributed by atoms with Gasteiger partial charge in [0.2, 0.25) is 12.3 Å². The molecule has 1 N–H and O–H groups in total. The largest absolute Gasteiger partial charge is 0.319 e. The van der Waals surface area contributed by atoms with E-state index in [-0.39, 0.29) is 0 Å². The number of nitro groups is 1. The number of para-hydroxylation sites is 1. The molecular formula is C18H17FN2O4. The molecule has 0 aliphatic rings. The van der Waals surface area contributed by atoms with Crippen molar-refractivity contribution in [1.82, 2.24) is 0 Å². The van der Waals surface area contributed by atoms with E-state index >= 15 is 0 Å². The van der Waals surface area contributed by atoms with Crippen LogP contribution in [0.25, 0.3) is 0 Å². The van der Waals surface area contributed by atoms with Gasteiger partial charge in [-0.3, -0.25) is 19.7 Å². The zero-order chi connectivity index (χ0) is 18.4. The van der Waals surface area contributed by atoms with Gasteiger partial charge in [-0.25, -0.2) is 4.39 Å². The van der Waals surface area contributed by atoms with Crippen LogP contribution in [0.15, 0.2) is 54.6 Å². The van der Waals surface area contributed by atoms with Crippen molar-refractivity contribution >= 4 is 17.4 Å². The van der Waals surface area contributed by atoms with Crippen molar-refractivity contribution in [3.63, 3.8) is 0 Å². The van der Waals surface area contributed by atoms with Gasteiger partial charge in [-0.2, -0.15) is 0 Å². The summed E-state index contributed by atoms with van der Waals surface area (Å²) in [6.45, 7) is 0.932. The minimum atomic E-state index is -0.931. The summed E-state index contributed by atoms with van der Waals surface area (Å²) in [6.07, 6.45) is 0. The molecule has 2 rings (SSSR count). The molecule has 0 radical (unpaired) electrons. The lowest BCUT2D eigenvalue weighted by Gasteiger charge is -2.19. The number of benzene rings is 2. The van der Waals surface area contributed by atoms with E-state index < -0.39 is 40.8 Å². The number of halogens is 1. The topological polar surface area (TPSA) is 89.3 Å².